The van der Waals surface area contributed by atoms with E-state index in [1.54, 1.807) is 7.05 Å². The molecule has 0 radical (unpaired) electrons. The van der Waals surface area contributed by atoms with Gasteiger partial charge in [0.1, 0.15) is 5.54 Å². The van der Waals surface area contributed by atoms with Gasteiger partial charge in [-0.1, -0.05) is 19.3 Å². The first kappa shape index (κ1) is 14.2. The maximum absolute atomic E-state index is 11.5. The summed E-state index contributed by atoms with van der Waals surface area (Å²) < 4.78 is 0. The highest BCUT2D eigenvalue weighted by Gasteiger charge is 2.47. The highest BCUT2D eigenvalue weighted by atomic mass is 32.2. The molecule has 2 rings (SSSR count). The van der Waals surface area contributed by atoms with Crippen molar-refractivity contribution in [2.24, 2.45) is 5.92 Å². The summed E-state index contributed by atoms with van der Waals surface area (Å²) in [6, 6.07) is 0. The molecule has 4 heteroatoms. The zero-order valence-corrected chi connectivity index (χ0v) is 12.1. The summed E-state index contributed by atoms with van der Waals surface area (Å²) in [5, 5.41) is 13.4. The number of hydrogen-bond acceptors (Lipinski definition) is 3. The fraction of sp³-hybridized carbons (Fsp3) is 0.929. The fourth-order valence-electron chi connectivity index (χ4n) is 3.62. The highest BCUT2D eigenvalue weighted by molar-refractivity contribution is 7.99. The van der Waals surface area contributed by atoms with Crippen LogP contribution in [-0.2, 0) is 4.79 Å². The van der Waals surface area contributed by atoms with Crippen LogP contribution in [0.3, 0.4) is 0 Å². The molecule has 0 aromatic carbocycles. The Morgan fingerprint density at radius 1 is 1.33 bits per heavy atom. The normalized spacial score (nSPS) is 33.1. The van der Waals surface area contributed by atoms with Gasteiger partial charge in [0, 0.05) is 5.25 Å². The number of carbonyl (C=O) groups is 1. The molecule has 2 atom stereocenters. The van der Waals surface area contributed by atoms with Gasteiger partial charge in [0.2, 0.25) is 0 Å². The smallest absolute Gasteiger partial charge is 0.324 e. The third kappa shape index (κ3) is 2.85. The number of thioether (sulfide) groups is 1. The van der Waals surface area contributed by atoms with Crippen molar-refractivity contribution in [2.75, 3.05) is 12.8 Å². The van der Waals surface area contributed by atoms with E-state index >= 15 is 0 Å². The second kappa shape index (κ2) is 6.29. The van der Waals surface area contributed by atoms with Crippen molar-refractivity contribution in [3.05, 3.63) is 0 Å². The standard InChI is InChI=1S/C14H25NO2S/c1-15-14(13(16)17)9-4-5-11(14)8-10-18-12-6-2-3-7-12/h11-12,15H,2-10H2,1H3,(H,16,17). The third-order valence-electron chi connectivity index (χ3n) is 4.77. The van der Waals surface area contributed by atoms with E-state index in [-0.39, 0.29) is 0 Å². The molecule has 104 valence electrons. The topological polar surface area (TPSA) is 49.3 Å². The molecular weight excluding hydrogens is 246 g/mol. The largest absolute Gasteiger partial charge is 0.480 e. The Bertz CT molecular complexity index is 292. The lowest BCUT2D eigenvalue weighted by Crippen LogP contribution is -2.53. The van der Waals surface area contributed by atoms with E-state index in [1.165, 1.54) is 25.7 Å². The molecule has 0 spiro atoms. The van der Waals surface area contributed by atoms with Crippen LogP contribution < -0.4 is 5.32 Å². The lowest BCUT2D eigenvalue weighted by Gasteiger charge is -2.31. The number of rotatable bonds is 6. The molecule has 2 aliphatic carbocycles. The van der Waals surface area contributed by atoms with Gasteiger partial charge < -0.3 is 10.4 Å². The van der Waals surface area contributed by atoms with E-state index < -0.39 is 11.5 Å². The molecule has 0 bridgehead atoms. The maximum atomic E-state index is 11.5. The zero-order chi connectivity index (χ0) is 13.0. The zero-order valence-electron chi connectivity index (χ0n) is 11.3. The van der Waals surface area contributed by atoms with Gasteiger partial charge in [0.25, 0.3) is 0 Å². The van der Waals surface area contributed by atoms with Crippen LogP contribution in [0.5, 0.6) is 0 Å². The van der Waals surface area contributed by atoms with Gasteiger partial charge in [-0.05, 0) is 50.8 Å². The van der Waals surface area contributed by atoms with E-state index in [0.29, 0.717) is 5.92 Å². The minimum atomic E-state index is -0.654. The van der Waals surface area contributed by atoms with Crippen LogP contribution >= 0.6 is 11.8 Å². The highest BCUT2D eigenvalue weighted by Crippen LogP contribution is 2.39. The Balaban J connectivity index is 1.81. The summed E-state index contributed by atoms with van der Waals surface area (Å²) in [5.41, 5.74) is -0.643. The van der Waals surface area contributed by atoms with E-state index in [9.17, 15) is 9.90 Å². The summed E-state index contributed by atoms with van der Waals surface area (Å²) in [6.45, 7) is 0. The number of carboxylic acids is 1. The Kier molecular flexibility index (Phi) is 4.96. The lowest BCUT2D eigenvalue weighted by atomic mass is 9.85. The predicted octanol–water partition coefficient (Wildman–Crippen LogP) is 2.90. The number of carboxylic acid groups (broad SMARTS) is 1. The van der Waals surface area contributed by atoms with Crippen molar-refractivity contribution in [3.8, 4) is 0 Å². The van der Waals surface area contributed by atoms with Gasteiger partial charge in [-0.3, -0.25) is 4.79 Å². The van der Waals surface area contributed by atoms with Crippen LogP contribution in [0.15, 0.2) is 0 Å². The average molecular weight is 271 g/mol. The molecular formula is C14H25NO2S. The summed E-state index contributed by atoms with van der Waals surface area (Å²) >= 11 is 2.07. The van der Waals surface area contributed by atoms with Crippen molar-refractivity contribution in [3.63, 3.8) is 0 Å². The molecule has 2 fully saturated rings. The molecule has 18 heavy (non-hydrogen) atoms. The second-order valence-corrected chi connectivity index (χ2v) is 7.09. The third-order valence-corrected chi connectivity index (χ3v) is 6.18. The van der Waals surface area contributed by atoms with Crippen molar-refractivity contribution in [1.29, 1.82) is 0 Å². The van der Waals surface area contributed by atoms with Crippen LogP contribution in [0.4, 0.5) is 0 Å². The summed E-state index contributed by atoms with van der Waals surface area (Å²) in [7, 11) is 1.80. The van der Waals surface area contributed by atoms with Gasteiger partial charge in [-0.25, -0.2) is 0 Å². The van der Waals surface area contributed by atoms with Crippen molar-refractivity contribution in [2.45, 2.75) is 62.2 Å². The van der Waals surface area contributed by atoms with Crippen molar-refractivity contribution >= 4 is 17.7 Å². The molecule has 3 nitrogen and oxygen atoms in total. The first-order chi connectivity index (χ1) is 8.69. The van der Waals surface area contributed by atoms with E-state index in [2.05, 4.69) is 17.1 Å². The average Bonchev–Trinajstić information content (AvgIpc) is 2.98. The van der Waals surface area contributed by atoms with Crippen molar-refractivity contribution < 1.29 is 9.90 Å². The minimum Gasteiger partial charge on any atom is -0.480 e. The van der Waals surface area contributed by atoms with Gasteiger partial charge in [-0.2, -0.15) is 11.8 Å². The Morgan fingerprint density at radius 2 is 2.06 bits per heavy atom. The van der Waals surface area contributed by atoms with Crippen LogP contribution in [0.25, 0.3) is 0 Å². The summed E-state index contributed by atoms with van der Waals surface area (Å²) in [4.78, 5) is 11.5. The SMILES string of the molecule is CNC1(C(=O)O)CCCC1CCSC1CCCC1. The fourth-order valence-corrected chi connectivity index (χ4v) is 5.04. The number of nitrogens with one attached hydrogen (secondary N) is 1. The lowest BCUT2D eigenvalue weighted by molar-refractivity contribution is -0.146. The van der Waals surface area contributed by atoms with Crippen LogP contribution in [0, 0.1) is 5.92 Å². The maximum Gasteiger partial charge on any atom is 0.324 e. The van der Waals surface area contributed by atoms with Gasteiger partial charge in [-0.15, -0.1) is 0 Å². The van der Waals surface area contributed by atoms with E-state index in [0.717, 1.165) is 36.7 Å². The monoisotopic (exact) mass is 271 g/mol. The first-order valence-electron chi connectivity index (χ1n) is 7.23. The predicted molar refractivity (Wildman–Crippen MR) is 76.1 cm³/mol. The summed E-state index contributed by atoms with van der Waals surface area (Å²) in [6.07, 6.45) is 9.46. The van der Waals surface area contributed by atoms with E-state index in [4.69, 9.17) is 0 Å². The van der Waals surface area contributed by atoms with Crippen LogP contribution in [0.1, 0.15) is 51.4 Å². The Hall–Kier alpha value is -0.220. The quantitative estimate of drug-likeness (QED) is 0.780. The number of hydrogen-bond donors (Lipinski definition) is 2. The molecule has 2 N–H and O–H groups in total. The molecule has 0 aromatic rings. The Labute approximate surface area is 114 Å². The van der Waals surface area contributed by atoms with Gasteiger partial charge in [0.15, 0.2) is 0 Å². The molecule has 2 unspecified atom stereocenters. The molecule has 0 aliphatic heterocycles. The number of likely N-dealkylation sites (N-methyl/N-ethyl adjacent to an activating group) is 1. The molecule has 0 heterocycles. The molecule has 2 saturated carbocycles. The minimum absolute atomic E-state index is 0.314. The number of aliphatic carboxylic acids is 1. The molecule has 2 aliphatic rings. The molecule has 0 saturated heterocycles. The van der Waals surface area contributed by atoms with Gasteiger partial charge >= 0.3 is 5.97 Å². The van der Waals surface area contributed by atoms with Gasteiger partial charge in [0.05, 0.1) is 0 Å². The van der Waals surface area contributed by atoms with Crippen LogP contribution in [0.2, 0.25) is 0 Å². The second-order valence-electron chi connectivity index (χ2n) is 5.68. The summed E-state index contributed by atoms with van der Waals surface area (Å²) in [5.74, 6) is 0.791. The Morgan fingerprint density at radius 3 is 2.67 bits per heavy atom. The first-order valence-corrected chi connectivity index (χ1v) is 8.28. The van der Waals surface area contributed by atoms with Crippen molar-refractivity contribution in [1.82, 2.24) is 5.32 Å². The van der Waals surface area contributed by atoms with Crippen LogP contribution in [-0.4, -0.2) is 34.7 Å². The molecule has 0 amide bonds. The molecule has 0 aromatic heterocycles. The van der Waals surface area contributed by atoms with E-state index in [1.807, 2.05) is 0 Å².